The van der Waals surface area contributed by atoms with E-state index in [1.54, 1.807) is 0 Å². The zero-order valence-corrected chi connectivity index (χ0v) is 11.3. The van der Waals surface area contributed by atoms with Gasteiger partial charge in [-0.1, -0.05) is 37.5 Å². The van der Waals surface area contributed by atoms with Crippen LogP contribution in [0.15, 0.2) is 30.3 Å². The minimum absolute atomic E-state index is 0.571. The molecule has 3 nitrogen and oxygen atoms in total. The van der Waals surface area contributed by atoms with Crippen LogP contribution in [0.2, 0.25) is 0 Å². The van der Waals surface area contributed by atoms with Crippen LogP contribution in [0, 0.1) is 0 Å². The number of nitrogens with zero attached hydrogens (tertiary/aromatic N) is 2. The van der Waals surface area contributed by atoms with Gasteiger partial charge in [-0.2, -0.15) is 0 Å². The topological polar surface area (TPSA) is 18.5 Å². The molecule has 4 heteroatoms. The molecule has 3 rings (SSSR count). The molecule has 0 bridgehead atoms. The molecule has 1 aromatic carbocycles. The van der Waals surface area contributed by atoms with Gasteiger partial charge in [-0.25, -0.2) is 0 Å². The lowest BCUT2D eigenvalue weighted by Gasteiger charge is -2.38. The molecule has 1 heterocycles. The van der Waals surface area contributed by atoms with E-state index in [-0.39, 0.29) is 0 Å². The van der Waals surface area contributed by atoms with E-state index in [2.05, 4.69) is 45.7 Å². The largest absolute Gasteiger partial charge is 0.342 e. The summed E-state index contributed by atoms with van der Waals surface area (Å²) in [6.07, 6.45) is 6.53. The number of para-hydroxylation sites is 1. The summed E-state index contributed by atoms with van der Waals surface area (Å²) < 4.78 is 0. The molecule has 1 saturated carbocycles. The second-order valence-corrected chi connectivity index (χ2v) is 5.40. The maximum absolute atomic E-state index is 5.47. The Morgan fingerprint density at radius 1 is 1.06 bits per heavy atom. The Balaban J connectivity index is 1.83. The Kier molecular flexibility index (Phi) is 3.37. The second-order valence-electron chi connectivity index (χ2n) is 5.01. The second kappa shape index (κ2) is 5.14. The molecule has 18 heavy (non-hydrogen) atoms. The predicted molar refractivity (Wildman–Crippen MR) is 78.2 cm³/mol. The van der Waals surface area contributed by atoms with Crippen LogP contribution in [-0.4, -0.2) is 22.8 Å². The van der Waals surface area contributed by atoms with Gasteiger partial charge in [-0.15, -0.1) is 0 Å². The molecule has 0 aromatic heterocycles. The van der Waals surface area contributed by atoms with Crippen LogP contribution in [-0.2, 0) is 0 Å². The fourth-order valence-corrected chi connectivity index (χ4v) is 3.23. The number of benzene rings is 1. The average molecular weight is 261 g/mol. The first kappa shape index (κ1) is 11.8. The van der Waals surface area contributed by atoms with Crippen LogP contribution in [0.4, 0.5) is 5.69 Å². The highest BCUT2D eigenvalue weighted by molar-refractivity contribution is 7.80. The molecule has 1 aliphatic heterocycles. The Hall–Kier alpha value is -1.29. The Labute approximate surface area is 114 Å². The van der Waals surface area contributed by atoms with Crippen molar-refractivity contribution < 1.29 is 0 Å². The molecule has 1 aromatic rings. The summed E-state index contributed by atoms with van der Waals surface area (Å²) in [4.78, 5) is 0. The van der Waals surface area contributed by atoms with Gasteiger partial charge in [0.25, 0.3) is 0 Å². The molecule has 96 valence electrons. The quantitative estimate of drug-likeness (QED) is 0.825. The highest BCUT2D eigenvalue weighted by Crippen LogP contribution is 2.28. The molecule has 2 aliphatic rings. The standard InChI is InChI=1S/C14H19N3S/c18-14-15-11-16(12-7-3-1-4-8-12)17(14)13-9-5-2-6-10-13/h1,3-4,7-8,13H,2,5-6,9-11H2,(H,15,18). The molecule has 0 spiro atoms. The van der Waals surface area contributed by atoms with E-state index in [0.29, 0.717) is 6.04 Å². The van der Waals surface area contributed by atoms with E-state index in [9.17, 15) is 0 Å². The fourth-order valence-electron chi connectivity index (χ4n) is 2.91. The van der Waals surface area contributed by atoms with Crippen LogP contribution in [0.5, 0.6) is 0 Å². The van der Waals surface area contributed by atoms with Crippen molar-refractivity contribution >= 4 is 23.0 Å². The van der Waals surface area contributed by atoms with Crippen molar-refractivity contribution in [2.24, 2.45) is 0 Å². The maximum atomic E-state index is 5.47. The molecule has 0 amide bonds. The molecule has 0 atom stereocenters. The van der Waals surface area contributed by atoms with E-state index >= 15 is 0 Å². The fraction of sp³-hybridized carbons (Fsp3) is 0.500. The van der Waals surface area contributed by atoms with Crippen LogP contribution in [0.25, 0.3) is 0 Å². The van der Waals surface area contributed by atoms with Crippen molar-refractivity contribution in [3.63, 3.8) is 0 Å². The molecule has 1 N–H and O–H groups in total. The first-order valence-corrected chi connectivity index (χ1v) is 7.16. The molecule has 0 radical (unpaired) electrons. The summed E-state index contributed by atoms with van der Waals surface area (Å²) >= 11 is 5.47. The Bertz CT molecular complexity index is 414. The normalized spacial score (nSPS) is 21.2. The van der Waals surface area contributed by atoms with E-state index < -0.39 is 0 Å². The van der Waals surface area contributed by atoms with E-state index in [0.717, 1.165) is 11.8 Å². The van der Waals surface area contributed by atoms with Crippen molar-refractivity contribution in [3.8, 4) is 0 Å². The van der Waals surface area contributed by atoms with Crippen molar-refractivity contribution in [2.45, 2.75) is 38.1 Å². The monoisotopic (exact) mass is 261 g/mol. The average Bonchev–Trinajstić information content (AvgIpc) is 2.83. The van der Waals surface area contributed by atoms with E-state index in [1.807, 2.05) is 0 Å². The van der Waals surface area contributed by atoms with Crippen LogP contribution in [0.1, 0.15) is 32.1 Å². The summed E-state index contributed by atoms with van der Waals surface area (Å²) in [6.45, 7) is 0.791. The van der Waals surface area contributed by atoms with Gasteiger partial charge in [0.2, 0.25) is 0 Å². The van der Waals surface area contributed by atoms with Crippen LogP contribution >= 0.6 is 12.2 Å². The summed E-state index contributed by atoms with van der Waals surface area (Å²) in [5.41, 5.74) is 1.22. The summed E-state index contributed by atoms with van der Waals surface area (Å²) in [5, 5.41) is 8.75. The van der Waals surface area contributed by atoms with Gasteiger partial charge < -0.3 is 5.32 Å². The third-order valence-electron chi connectivity index (χ3n) is 3.82. The molecule has 0 unspecified atom stereocenters. The number of anilines is 1. The maximum Gasteiger partial charge on any atom is 0.189 e. The predicted octanol–water partition coefficient (Wildman–Crippen LogP) is 2.89. The lowest BCUT2D eigenvalue weighted by molar-refractivity contribution is 0.246. The third-order valence-corrected chi connectivity index (χ3v) is 4.15. The first-order valence-electron chi connectivity index (χ1n) is 6.76. The highest BCUT2D eigenvalue weighted by Gasteiger charge is 2.32. The minimum Gasteiger partial charge on any atom is -0.342 e. The molecule has 1 saturated heterocycles. The Morgan fingerprint density at radius 2 is 1.78 bits per heavy atom. The van der Waals surface area contributed by atoms with Gasteiger partial charge in [0.15, 0.2) is 5.11 Å². The summed E-state index contributed by atoms with van der Waals surface area (Å²) in [6, 6.07) is 11.1. The van der Waals surface area contributed by atoms with Gasteiger partial charge >= 0.3 is 0 Å². The SMILES string of the molecule is S=C1NCN(c2ccccc2)N1C1CCCCC1. The smallest absolute Gasteiger partial charge is 0.189 e. The number of hydrazine groups is 1. The lowest BCUT2D eigenvalue weighted by atomic mass is 9.95. The van der Waals surface area contributed by atoms with Gasteiger partial charge in [0.1, 0.15) is 6.67 Å². The zero-order chi connectivity index (χ0) is 12.4. The van der Waals surface area contributed by atoms with E-state index in [4.69, 9.17) is 12.2 Å². The van der Waals surface area contributed by atoms with Crippen molar-refractivity contribution in [1.82, 2.24) is 10.3 Å². The molecular weight excluding hydrogens is 242 g/mol. The highest BCUT2D eigenvalue weighted by atomic mass is 32.1. The number of thiocarbonyl (C=S) groups is 1. The zero-order valence-electron chi connectivity index (χ0n) is 10.5. The number of rotatable bonds is 2. The minimum atomic E-state index is 0.571. The van der Waals surface area contributed by atoms with E-state index in [1.165, 1.54) is 37.8 Å². The van der Waals surface area contributed by atoms with Gasteiger partial charge in [-0.05, 0) is 37.2 Å². The Morgan fingerprint density at radius 3 is 2.50 bits per heavy atom. The first-order chi connectivity index (χ1) is 8.86. The number of hydrogen-bond donors (Lipinski definition) is 1. The number of hydrogen-bond acceptors (Lipinski definition) is 2. The van der Waals surface area contributed by atoms with Crippen molar-refractivity contribution in [3.05, 3.63) is 30.3 Å². The molecular formula is C14H19N3S. The van der Waals surface area contributed by atoms with Crippen molar-refractivity contribution in [1.29, 1.82) is 0 Å². The van der Waals surface area contributed by atoms with Crippen LogP contribution < -0.4 is 10.3 Å². The summed E-state index contributed by atoms with van der Waals surface area (Å²) in [5.74, 6) is 0. The third kappa shape index (κ3) is 2.17. The lowest BCUT2D eigenvalue weighted by Crippen LogP contribution is -2.47. The molecule has 2 fully saturated rings. The number of nitrogens with one attached hydrogen (secondary N) is 1. The summed E-state index contributed by atoms with van der Waals surface area (Å²) in [7, 11) is 0. The molecule has 1 aliphatic carbocycles. The van der Waals surface area contributed by atoms with Gasteiger partial charge in [-0.3, -0.25) is 10.0 Å². The van der Waals surface area contributed by atoms with Gasteiger partial charge in [0.05, 0.1) is 11.7 Å². The van der Waals surface area contributed by atoms with Gasteiger partial charge in [0, 0.05) is 0 Å². The van der Waals surface area contributed by atoms with Crippen LogP contribution in [0.3, 0.4) is 0 Å². The van der Waals surface area contributed by atoms with Crippen molar-refractivity contribution in [2.75, 3.05) is 11.7 Å².